The Labute approximate surface area is 288 Å². The lowest BCUT2D eigenvalue weighted by Gasteiger charge is -2.24. The van der Waals surface area contributed by atoms with Crippen LogP contribution in [-0.2, 0) is 35.0 Å². The molecule has 1 spiro atoms. The monoisotopic (exact) mass is 684 g/mol. The topological polar surface area (TPSA) is 130 Å². The highest BCUT2D eigenvalue weighted by atomic mass is 32.2. The number of aryl methyl sites for hydroxylation is 2. The van der Waals surface area contributed by atoms with Crippen molar-refractivity contribution in [3.05, 3.63) is 88.9 Å². The maximum Gasteiger partial charge on any atom is 0.270 e. The highest BCUT2D eigenvalue weighted by Gasteiger charge is 2.49. The zero-order chi connectivity index (χ0) is 34.9. The molecule has 49 heavy (non-hydrogen) atoms. The molecule has 4 aromatic rings. The Morgan fingerprint density at radius 1 is 1.06 bits per heavy atom. The molecule has 2 amide bonds. The third-order valence-corrected chi connectivity index (χ3v) is 11.2. The van der Waals surface area contributed by atoms with Crippen molar-refractivity contribution in [2.75, 3.05) is 11.8 Å². The van der Waals surface area contributed by atoms with Gasteiger partial charge in [0.15, 0.2) is 5.82 Å². The largest absolute Gasteiger partial charge is 0.359 e. The van der Waals surface area contributed by atoms with Gasteiger partial charge in [0.1, 0.15) is 22.8 Å². The summed E-state index contributed by atoms with van der Waals surface area (Å²) in [7, 11) is -0.542. The van der Waals surface area contributed by atoms with Crippen molar-refractivity contribution in [1.29, 1.82) is 0 Å². The minimum atomic E-state index is -4.09. The predicted molar refractivity (Wildman–Crippen MR) is 189 cm³/mol. The van der Waals surface area contributed by atoms with Crippen LogP contribution in [0.3, 0.4) is 0 Å². The number of hydrogen-bond donors (Lipinski definition) is 1. The second-order valence-corrected chi connectivity index (χ2v) is 14.9. The number of carbonyl (C=O) groups excluding carboxylic acids is 2. The van der Waals surface area contributed by atoms with Crippen molar-refractivity contribution in [2.24, 2.45) is 12.0 Å². The lowest BCUT2D eigenvalue weighted by Crippen LogP contribution is -2.40. The van der Waals surface area contributed by atoms with Gasteiger partial charge in [0.05, 0.1) is 11.4 Å². The number of amides is 2. The van der Waals surface area contributed by atoms with E-state index >= 15 is 0 Å². The Balaban J connectivity index is 1.39. The van der Waals surface area contributed by atoms with Crippen molar-refractivity contribution in [3.63, 3.8) is 0 Å². The van der Waals surface area contributed by atoms with Crippen molar-refractivity contribution in [2.45, 2.75) is 89.2 Å². The standard InChI is InChI=1S/C37H44N6O5S/c1-6-7-16-33-38-37(19-10-11-20-37)36(45)43(33)23-27-17-18-29(28(22-27)24-42(5)35(44)31-14-12-21-41(31)4)30-13-8-9-15-32(30)49(46,47)40-34-25(2)26(3)48-39-34/h8-9,12-15,17-18,21-22H,6-7,10-11,16,19-20,23-24H2,1-5H3,(H,39,40). The molecule has 0 saturated heterocycles. The number of sulfonamides is 1. The molecule has 2 aliphatic rings. The summed E-state index contributed by atoms with van der Waals surface area (Å²) in [6.45, 7) is 6.14. The van der Waals surface area contributed by atoms with Gasteiger partial charge in [0, 0.05) is 44.4 Å². The smallest absolute Gasteiger partial charge is 0.270 e. The van der Waals surface area contributed by atoms with Gasteiger partial charge in [-0.15, -0.1) is 0 Å². The second-order valence-electron chi connectivity index (χ2n) is 13.2. The minimum Gasteiger partial charge on any atom is -0.359 e. The molecule has 6 rings (SSSR count). The van der Waals surface area contributed by atoms with Crippen LogP contribution >= 0.6 is 0 Å². The number of aliphatic imine (C=N–C) groups is 1. The molecule has 258 valence electrons. The Bertz CT molecular complexity index is 2020. The summed E-state index contributed by atoms with van der Waals surface area (Å²) in [5, 5.41) is 3.90. The number of aromatic nitrogens is 2. The highest BCUT2D eigenvalue weighted by Crippen LogP contribution is 2.40. The predicted octanol–water partition coefficient (Wildman–Crippen LogP) is 6.61. The number of benzene rings is 2. The van der Waals surface area contributed by atoms with E-state index in [-0.39, 0.29) is 29.1 Å². The Hall–Kier alpha value is -4.71. The normalized spacial score (nSPS) is 15.7. The van der Waals surface area contributed by atoms with E-state index in [1.807, 2.05) is 42.4 Å². The van der Waals surface area contributed by atoms with Crippen LogP contribution in [0, 0.1) is 13.8 Å². The van der Waals surface area contributed by atoms with Crippen LogP contribution in [-0.4, -0.2) is 58.2 Å². The second kappa shape index (κ2) is 13.7. The summed E-state index contributed by atoms with van der Waals surface area (Å²) in [6.07, 6.45) is 8.06. The zero-order valence-electron chi connectivity index (χ0n) is 28.8. The number of amidine groups is 1. The van der Waals surface area contributed by atoms with Gasteiger partial charge in [0.2, 0.25) is 0 Å². The van der Waals surface area contributed by atoms with Crippen LogP contribution < -0.4 is 4.72 Å². The van der Waals surface area contributed by atoms with E-state index in [9.17, 15) is 18.0 Å². The van der Waals surface area contributed by atoms with E-state index < -0.39 is 15.6 Å². The number of anilines is 1. The maximum atomic E-state index is 13.9. The highest BCUT2D eigenvalue weighted by molar-refractivity contribution is 7.92. The van der Waals surface area contributed by atoms with E-state index in [0.717, 1.165) is 61.9 Å². The maximum absolute atomic E-state index is 13.9. The van der Waals surface area contributed by atoms with E-state index in [1.165, 1.54) is 0 Å². The average molecular weight is 685 g/mol. The SMILES string of the molecule is CCCCC1=NC2(CCCC2)C(=O)N1Cc1ccc(-c2ccccc2S(=O)(=O)Nc2noc(C)c2C)c(CN(C)C(=O)c2cccn2C)c1. The molecule has 0 atom stereocenters. The molecule has 1 aliphatic carbocycles. The molecule has 2 aromatic carbocycles. The van der Waals surface area contributed by atoms with Gasteiger partial charge in [-0.3, -0.25) is 24.2 Å². The number of nitrogens with one attached hydrogen (secondary N) is 1. The number of nitrogens with zero attached hydrogens (tertiary/aromatic N) is 5. The number of carbonyl (C=O) groups is 2. The van der Waals surface area contributed by atoms with Gasteiger partial charge in [0.25, 0.3) is 21.8 Å². The summed E-state index contributed by atoms with van der Waals surface area (Å²) in [4.78, 5) is 36.0. The molecule has 1 N–H and O–H groups in total. The lowest BCUT2D eigenvalue weighted by molar-refractivity contribution is -0.131. The van der Waals surface area contributed by atoms with Crippen LogP contribution in [0.1, 0.15) is 84.8 Å². The quantitative estimate of drug-likeness (QED) is 0.179. The Morgan fingerprint density at radius 2 is 1.82 bits per heavy atom. The fraction of sp³-hybridized carbons (Fsp3) is 0.405. The molecule has 3 heterocycles. The molecule has 0 bridgehead atoms. The number of hydrogen-bond acceptors (Lipinski definition) is 7. The summed E-state index contributed by atoms with van der Waals surface area (Å²) >= 11 is 0. The summed E-state index contributed by atoms with van der Waals surface area (Å²) in [5.74, 6) is 1.39. The van der Waals surface area contributed by atoms with Crippen LogP contribution in [0.5, 0.6) is 0 Å². The van der Waals surface area contributed by atoms with Crippen molar-refractivity contribution >= 4 is 33.5 Å². The molecule has 0 unspecified atom stereocenters. The van der Waals surface area contributed by atoms with Crippen molar-refractivity contribution < 1.29 is 22.5 Å². The molecular weight excluding hydrogens is 641 g/mol. The van der Waals surface area contributed by atoms with Crippen molar-refractivity contribution in [1.82, 2.24) is 19.5 Å². The molecule has 11 nitrogen and oxygen atoms in total. The molecule has 2 aromatic heterocycles. The van der Waals surface area contributed by atoms with Gasteiger partial charge in [-0.25, -0.2) is 8.42 Å². The zero-order valence-corrected chi connectivity index (χ0v) is 29.6. The van der Waals surface area contributed by atoms with Crippen LogP contribution in [0.4, 0.5) is 5.82 Å². The molecule has 12 heteroatoms. The van der Waals surface area contributed by atoms with E-state index in [1.54, 1.807) is 60.7 Å². The molecule has 1 aliphatic heterocycles. The summed E-state index contributed by atoms with van der Waals surface area (Å²) in [6, 6.07) is 16.2. The van der Waals surface area contributed by atoms with E-state index in [4.69, 9.17) is 9.52 Å². The summed E-state index contributed by atoms with van der Waals surface area (Å²) < 4.78 is 37.3. The molecule has 1 fully saturated rings. The number of rotatable bonds is 12. The fourth-order valence-electron chi connectivity index (χ4n) is 6.84. The average Bonchev–Trinajstić information content (AvgIpc) is 3.87. The molecule has 1 saturated carbocycles. The first-order chi connectivity index (χ1) is 23.4. The van der Waals surface area contributed by atoms with Gasteiger partial charge < -0.3 is 14.0 Å². The van der Waals surface area contributed by atoms with Crippen LogP contribution in [0.25, 0.3) is 11.1 Å². The molecular formula is C37H44N6O5S. The van der Waals surface area contributed by atoms with Crippen LogP contribution in [0.2, 0.25) is 0 Å². The van der Waals surface area contributed by atoms with Crippen molar-refractivity contribution in [3.8, 4) is 11.1 Å². The first-order valence-electron chi connectivity index (χ1n) is 16.9. The Morgan fingerprint density at radius 3 is 2.49 bits per heavy atom. The minimum absolute atomic E-state index is 0.0624. The van der Waals surface area contributed by atoms with Gasteiger partial charge in [-0.2, -0.15) is 0 Å². The van der Waals surface area contributed by atoms with Gasteiger partial charge in [-0.1, -0.05) is 67.7 Å². The van der Waals surface area contributed by atoms with Gasteiger partial charge >= 0.3 is 0 Å². The third kappa shape index (κ3) is 6.66. The lowest BCUT2D eigenvalue weighted by atomic mass is 9.96. The first-order valence-corrected chi connectivity index (χ1v) is 18.4. The third-order valence-electron chi connectivity index (χ3n) is 9.76. The number of unbranched alkanes of at least 4 members (excludes halogenated alkanes) is 1. The first kappa shape index (κ1) is 34.2. The fourth-order valence-corrected chi connectivity index (χ4v) is 8.12. The Kier molecular flexibility index (Phi) is 9.52. The molecule has 0 radical (unpaired) electrons. The van der Waals surface area contributed by atoms with Crippen LogP contribution in [0.15, 0.2) is 75.2 Å². The van der Waals surface area contributed by atoms with E-state index in [2.05, 4.69) is 16.8 Å². The summed E-state index contributed by atoms with van der Waals surface area (Å²) in [5.41, 5.74) is 3.24. The van der Waals surface area contributed by atoms with E-state index in [0.29, 0.717) is 34.7 Å². The van der Waals surface area contributed by atoms with Gasteiger partial charge in [-0.05, 0) is 68.0 Å².